The van der Waals surface area contributed by atoms with Gasteiger partial charge in [-0.15, -0.1) is 0 Å². The third-order valence-electron chi connectivity index (χ3n) is 7.82. The Morgan fingerprint density at radius 2 is 1.85 bits per heavy atom. The molecule has 2 heterocycles. The standard InChI is InChI=1S/C29H34F4N4O4/c1-28(2,34)26(39)35-24(15-41-14-18-5-7-19(30)12-22(18)32)25(38)37-10-4-9-29(16-37)20(13-36(3)27(29)40)17-6-8-21(31)23(33)11-17/h5-8,11-12,20,24H,4,9-10,13-16,34H2,1-3H3,(H,35,39). The molecule has 12 heteroatoms. The van der Waals surface area contributed by atoms with Crippen LogP contribution in [0.5, 0.6) is 0 Å². The molecule has 0 radical (unpaired) electrons. The minimum atomic E-state index is -1.33. The minimum absolute atomic E-state index is 0.0103. The van der Waals surface area contributed by atoms with Crippen LogP contribution < -0.4 is 11.1 Å². The second kappa shape index (κ2) is 11.8. The van der Waals surface area contributed by atoms with Crippen LogP contribution in [0.25, 0.3) is 0 Å². The maximum atomic E-state index is 14.2. The maximum absolute atomic E-state index is 14.2. The van der Waals surface area contributed by atoms with E-state index >= 15 is 0 Å². The molecule has 2 aliphatic rings. The van der Waals surface area contributed by atoms with E-state index in [9.17, 15) is 31.9 Å². The number of nitrogens with one attached hydrogen (secondary N) is 1. The monoisotopic (exact) mass is 578 g/mol. The Morgan fingerprint density at radius 1 is 1.12 bits per heavy atom. The number of rotatable bonds is 8. The number of piperidine rings is 1. The van der Waals surface area contributed by atoms with Gasteiger partial charge >= 0.3 is 0 Å². The molecular weight excluding hydrogens is 544 g/mol. The quantitative estimate of drug-likeness (QED) is 0.469. The molecule has 2 aliphatic heterocycles. The third kappa shape index (κ3) is 6.38. The molecule has 3 N–H and O–H groups in total. The molecule has 0 aromatic heterocycles. The summed E-state index contributed by atoms with van der Waals surface area (Å²) in [7, 11) is 1.62. The van der Waals surface area contributed by atoms with E-state index in [0.717, 1.165) is 18.2 Å². The van der Waals surface area contributed by atoms with Crippen molar-refractivity contribution in [2.75, 3.05) is 33.3 Å². The van der Waals surface area contributed by atoms with Gasteiger partial charge in [-0.1, -0.05) is 12.1 Å². The van der Waals surface area contributed by atoms with Crippen LogP contribution in [0.1, 0.15) is 43.7 Å². The van der Waals surface area contributed by atoms with Crippen molar-refractivity contribution in [3.8, 4) is 0 Å². The molecule has 0 aliphatic carbocycles. The molecule has 4 rings (SSSR count). The summed E-state index contributed by atoms with van der Waals surface area (Å²) in [5.41, 5.74) is 4.04. The van der Waals surface area contributed by atoms with Gasteiger partial charge in [-0.05, 0) is 50.5 Å². The first-order chi connectivity index (χ1) is 19.2. The van der Waals surface area contributed by atoms with Crippen LogP contribution in [0.4, 0.5) is 17.6 Å². The molecule has 222 valence electrons. The fraction of sp³-hybridized carbons (Fsp3) is 0.483. The minimum Gasteiger partial charge on any atom is -0.374 e. The van der Waals surface area contributed by atoms with E-state index in [4.69, 9.17) is 10.5 Å². The zero-order valence-electron chi connectivity index (χ0n) is 23.2. The van der Waals surface area contributed by atoms with Crippen molar-refractivity contribution < 1.29 is 36.7 Å². The highest BCUT2D eigenvalue weighted by molar-refractivity contribution is 5.92. The van der Waals surface area contributed by atoms with E-state index in [1.54, 1.807) is 7.05 Å². The summed E-state index contributed by atoms with van der Waals surface area (Å²) >= 11 is 0. The molecule has 1 spiro atoms. The normalized spacial score (nSPS) is 21.9. The summed E-state index contributed by atoms with van der Waals surface area (Å²) in [4.78, 5) is 43.0. The number of benzene rings is 2. The zero-order chi connectivity index (χ0) is 30.1. The lowest BCUT2D eigenvalue weighted by molar-refractivity contribution is -0.147. The van der Waals surface area contributed by atoms with Crippen LogP contribution in [-0.2, 0) is 25.7 Å². The molecule has 2 saturated heterocycles. The van der Waals surface area contributed by atoms with Gasteiger partial charge in [-0.3, -0.25) is 14.4 Å². The van der Waals surface area contributed by atoms with Gasteiger partial charge in [0.05, 0.1) is 24.2 Å². The number of likely N-dealkylation sites (tertiary alicyclic amines) is 2. The molecule has 8 nitrogen and oxygen atoms in total. The molecule has 2 fully saturated rings. The van der Waals surface area contributed by atoms with Gasteiger partial charge in [-0.2, -0.15) is 0 Å². The molecular formula is C29H34F4N4O4. The van der Waals surface area contributed by atoms with Crippen molar-refractivity contribution in [2.24, 2.45) is 11.1 Å². The first-order valence-corrected chi connectivity index (χ1v) is 13.3. The largest absolute Gasteiger partial charge is 0.374 e. The Morgan fingerprint density at radius 3 is 2.51 bits per heavy atom. The second-order valence-corrected chi connectivity index (χ2v) is 11.4. The summed E-state index contributed by atoms with van der Waals surface area (Å²) in [6.45, 7) is 2.84. The van der Waals surface area contributed by atoms with E-state index in [0.29, 0.717) is 24.5 Å². The fourth-order valence-corrected chi connectivity index (χ4v) is 5.61. The van der Waals surface area contributed by atoms with E-state index in [1.165, 1.54) is 35.8 Å². The van der Waals surface area contributed by atoms with Crippen LogP contribution >= 0.6 is 0 Å². The lowest BCUT2D eigenvalue weighted by atomic mass is 9.69. The summed E-state index contributed by atoms with van der Waals surface area (Å²) in [5.74, 6) is -5.46. The summed E-state index contributed by atoms with van der Waals surface area (Å²) in [5, 5.41) is 2.60. The number of carbonyl (C=O) groups excluding carboxylic acids is 3. The fourth-order valence-electron chi connectivity index (χ4n) is 5.61. The highest BCUT2D eigenvalue weighted by Crippen LogP contribution is 2.49. The summed E-state index contributed by atoms with van der Waals surface area (Å²) in [6, 6.07) is 5.35. The highest BCUT2D eigenvalue weighted by Gasteiger charge is 2.56. The van der Waals surface area contributed by atoms with Gasteiger partial charge in [0.25, 0.3) is 0 Å². The molecule has 3 unspecified atom stereocenters. The van der Waals surface area contributed by atoms with Crippen LogP contribution in [0.2, 0.25) is 0 Å². The van der Waals surface area contributed by atoms with E-state index < -0.39 is 58.0 Å². The van der Waals surface area contributed by atoms with E-state index in [2.05, 4.69) is 5.32 Å². The average Bonchev–Trinajstić information content (AvgIpc) is 3.14. The number of hydrogen-bond acceptors (Lipinski definition) is 5. The molecule has 0 saturated carbocycles. The van der Waals surface area contributed by atoms with Gasteiger partial charge in [0.1, 0.15) is 17.7 Å². The number of ether oxygens (including phenoxy) is 1. The van der Waals surface area contributed by atoms with Crippen molar-refractivity contribution in [3.63, 3.8) is 0 Å². The predicted molar refractivity (Wildman–Crippen MR) is 141 cm³/mol. The van der Waals surface area contributed by atoms with Crippen molar-refractivity contribution in [1.82, 2.24) is 15.1 Å². The second-order valence-electron chi connectivity index (χ2n) is 11.4. The van der Waals surface area contributed by atoms with E-state index in [-0.39, 0.29) is 44.3 Å². The number of halogens is 4. The van der Waals surface area contributed by atoms with Crippen LogP contribution in [0, 0.1) is 28.7 Å². The number of amides is 3. The van der Waals surface area contributed by atoms with Crippen LogP contribution in [-0.4, -0.2) is 72.4 Å². The summed E-state index contributed by atoms with van der Waals surface area (Å²) in [6.07, 6.45) is 0.882. The molecule has 41 heavy (non-hydrogen) atoms. The van der Waals surface area contributed by atoms with Crippen molar-refractivity contribution in [3.05, 3.63) is 70.8 Å². The Hall–Kier alpha value is -3.51. The maximum Gasteiger partial charge on any atom is 0.247 e. The van der Waals surface area contributed by atoms with Gasteiger partial charge in [0.15, 0.2) is 11.6 Å². The number of nitrogens with two attached hydrogens (primary N) is 1. The summed E-state index contributed by atoms with van der Waals surface area (Å²) < 4.78 is 60.8. The SMILES string of the molecule is CN1CC(c2ccc(F)c(F)c2)C2(CCCN(C(=O)C(COCc3ccc(F)cc3F)NC(=O)C(C)(C)N)C2)C1=O. The molecule has 2 aromatic rings. The molecule has 3 atom stereocenters. The topological polar surface area (TPSA) is 105 Å². The lowest BCUT2D eigenvalue weighted by Gasteiger charge is -2.43. The number of nitrogens with zero attached hydrogens (tertiary/aromatic N) is 2. The molecule has 3 amide bonds. The van der Waals surface area contributed by atoms with Crippen molar-refractivity contribution in [2.45, 2.75) is 50.8 Å². The van der Waals surface area contributed by atoms with Gasteiger partial charge in [0, 0.05) is 44.2 Å². The van der Waals surface area contributed by atoms with Gasteiger partial charge < -0.3 is 25.6 Å². The Kier molecular flexibility index (Phi) is 8.74. The Balaban J connectivity index is 1.57. The first kappa shape index (κ1) is 30.4. The van der Waals surface area contributed by atoms with Gasteiger partial charge in [-0.25, -0.2) is 17.6 Å². The third-order valence-corrected chi connectivity index (χ3v) is 7.82. The highest BCUT2D eigenvalue weighted by atomic mass is 19.2. The number of hydrogen-bond donors (Lipinski definition) is 2. The smallest absolute Gasteiger partial charge is 0.247 e. The van der Waals surface area contributed by atoms with Crippen molar-refractivity contribution in [1.29, 1.82) is 0 Å². The van der Waals surface area contributed by atoms with E-state index in [1.807, 2.05) is 0 Å². The molecule has 0 bridgehead atoms. The molecule has 2 aromatic carbocycles. The van der Waals surface area contributed by atoms with Gasteiger partial charge in [0.2, 0.25) is 17.7 Å². The van der Waals surface area contributed by atoms with Crippen LogP contribution in [0.3, 0.4) is 0 Å². The lowest BCUT2D eigenvalue weighted by Crippen LogP contribution is -2.60. The Bertz CT molecular complexity index is 1330. The Labute approximate surface area is 235 Å². The predicted octanol–water partition coefficient (Wildman–Crippen LogP) is 2.85. The average molecular weight is 579 g/mol. The number of likely N-dealkylation sites (N-methyl/N-ethyl adjacent to an activating group) is 1. The number of carbonyl (C=O) groups is 3. The zero-order valence-corrected chi connectivity index (χ0v) is 23.2. The first-order valence-electron chi connectivity index (χ1n) is 13.3. The van der Waals surface area contributed by atoms with Crippen molar-refractivity contribution >= 4 is 17.7 Å². The van der Waals surface area contributed by atoms with Crippen LogP contribution in [0.15, 0.2) is 36.4 Å².